The minimum atomic E-state index is -0.763. The van der Waals surface area contributed by atoms with Gasteiger partial charge in [-0.3, -0.25) is 4.79 Å². The van der Waals surface area contributed by atoms with Crippen LogP contribution < -0.4 is 0 Å². The number of hydrogen-bond acceptors (Lipinski definition) is 2. The summed E-state index contributed by atoms with van der Waals surface area (Å²) >= 11 is 6.11. The van der Waals surface area contributed by atoms with E-state index < -0.39 is 5.06 Å². The Bertz CT molecular complexity index is 159. The predicted molar refractivity (Wildman–Crippen MR) is 54.8 cm³/mol. The third kappa shape index (κ3) is 5.92. The number of hydrogen-bond donors (Lipinski definition) is 0. The lowest BCUT2D eigenvalue weighted by atomic mass is 10.1. The Morgan fingerprint density at radius 2 is 2.00 bits per heavy atom. The first-order valence-corrected chi connectivity index (χ1v) is 5.30. The number of esters is 1. The van der Waals surface area contributed by atoms with Gasteiger partial charge in [0, 0.05) is 13.3 Å². The van der Waals surface area contributed by atoms with Gasteiger partial charge in [0.05, 0.1) is 0 Å². The van der Waals surface area contributed by atoms with Gasteiger partial charge in [0.2, 0.25) is 0 Å². The summed E-state index contributed by atoms with van der Waals surface area (Å²) in [5.74, 6) is -0.298. The van der Waals surface area contributed by atoms with Gasteiger partial charge in [0.1, 0.15) is 0 Å². The number of carbonyl (C=O) groups is 1. The maximum absolute atomic E-state index is 10.7. The lowest BCUT2D eigenvalue weighted by Crippen LogP contribution is -2.26. The quantitative estimate of drug-likeness (QED) is 0.378. The summed E-state index contributed by atoms with van der Waals surface area (Å²) in [6.07, 6.45) is 4.71. The molecule has 0 spiro atoms. The second kappa shape index (κ2) is 6.25. The molecule has 0 aromatic heterocycles. The Morgan fingerprint density at radius 1 is 1.38 bits per heavy atom. The second-order valence-electron chi connectivity index (χ2n) is 3.29. The topological polar surface area (TPSA) is 26.3 Å². The fourth-order valence-electron chi connectivity index (χ4n) is 1.20. The smallest absolute Gasteiger partial charge is 0.304 e. The monoisotopic (exact) mass is 206 g/mol. The van der Waals surface area contributed by atoms with Crippen LogP contribution in [-0.4, -0.2) is 11.0 Å². The van der Waals surface area contributed by atoms with Crippen molar-refractivity contribution >= 4 is 17.6 Å². The van der Waals surface area contributed by atoms with Gasteiger partial charge in [-0.15, -0.1) is 0 Å². The van der Waals surface area contributed by atoms with Crippen molar-refractivity contribution in [3.63, 3.8) is 0 Å². The van der Waals surface area contributed by atoms with E-state index >= 15 is 0 Å². The Balaban J connectivity index is 3.88. The highest BCUT2D eigenvalue weighted by atomic mass is 35.5. The van der Waals surface area contributed by atoms with Crippen LogP contribution in [0.2, 0.25) is 0 Å². The van der Waals surface area contributed by atoms with Crippen LogP contribution in [0.4, 0.5) is 0 Å². The number of unbranched alkanes of at least 4 members (excludes halogenated alkanes) is 2. The van der Waals surface area contributed by atoms with E-state index in [1.54, 1.807) is 0 Å². The lowest BCUT2D eigenvalue weighted by Gasteiger charge is -2.24. The highest BCUT2D eigenvalue weighted by Crippen LogP contribution is 2.28. The molecule has 0 saturated carbocycles. The van der Waals surface area contributed by atoms with Crippen LogP contribution in [0.3, 0.4) is 0 Å². The van der Waals surface area contributed by atoms with Crippen LogP contribution in [0.15, 0.2) is 0 Å². The summed E-state index contributed by atoms with van der Waals surface area (Å²) in [5.41, 5.74) is 0. The first kappa shape index (κ1) is 12.8. The molecule has 0 aromatic rings. The Hall–Kier alpha value is -0.240. The Labute approximate surface area is 85.6 Å². The molecule has 0 N–H and O–H groups in total. The van der Waals surface area contributed by atoms with E-state index in [1.165, 1.54) is 6.92 Å². The van der Waals surface area contributed by atoms with Crippen molar-refractivity contribution in [2.24, 2.45) is 0 Å². The first-order valence-electron chi connectivity index (χ1n) is 4.92. The zero-order valence-electron chi connectivity index (χ0n) is 8.73. The molecule has 78 valence electrons. The average Bonchev–Trinajstić information content (AvgIpc) is 2.04. The molecule has 0 amide bonds. The normalized spacial score (nSPS) is 15.1. The average molecular weight is 207 g/mol. The van der Waals surface area contributed by atoms with E-state index in [-0.39, 0.29) is 5.97 Å². The third-order valence-electron chi connectivity index (χ3n) is 2.01. The molecule has 2 nitrogen and oxygen atoms in total. The molecule has 0 aromatic carbocycles. The van der Waals surface area contributed by atoms with Gasteiger partial charge in [-0.05, 0) is 12.8 Å². The standard InChI is InChI=1S/C10H19ClO2/c1-4-6-7-8-10(11,5-2)13-9(3)12/h4-8H2,1-3H3. The summed E-state index contributed by atoms with van der Waals surface area (Å²) in [4.78, 5) is 10.7. The molecular formula is C10H19ClO2. The van der Waals surface area contributed by atoms with Crippen LogP contribution in [0.1, 0.15) is 52.9 Å². The van der Waals surface area contributed by atoms with Crippen molar-refractivity contribution in [3.8, 4) is 0 Å². The molecule has 1 unspecified atom stereocenters. The Morgan fingerprint density at radius 3 is 2.38 bits per heavy atom. The summed E-state index contributed by atoms with van der Waals surface area (Å²) in [7, 11) is 0. The number of rotatable bonds is 6. The van der Waals surface area contributed by atoms with E-state index in [9.17, 15) is 4.79 Å². The van der Waals surface area contributed by atoms with E-state index in [1.807, 2.05) is 6.92 Å². The van der Waals surface area contributed by atoms with Gasteiger partial charge >= 0.3 is 5.97 Å². The van der Waals surface area contributed by atoms with Crippen molar-refractivity contribution in [2.45, 2.75) is 57.9 Å². The fraction of sp³-hybridized carbons (Fsp3) is 0.900. The Kier molecular flexibility index (Phi) is 6.13. The number of alkyl halides is 1. The van der Waals surface area contributed by atoms with Crippen LogP contribution >= 0.6 is 11.6 Å². The first-order chi connectivity index (χ1) is 6.04. The molecule has 0 bridgehead atoms. The van der Waals surface area contributed by atoms with Gasteiger partial charge < -0.3 is 4.74 Å². The fourth-order valence-corrected chi connectivity index (χ4v) is 1.44. The van der Waals surface area contributed by atoms with E-state index in [0.29, 0.717) is 6.42 Å². The van der Waals surface area contributed by atoms with Crippen molar-refractivity contribution in [3.05, 3.63) is 0 Å². The highest BCUT2D eigenvalue weighted by molar-refractivity contribution is 6.23. The van der Waals surface area contributed by atoms with Gasteiger partial charge in [-0.25, -0.2) is 0 Å². The van der Waals surface area contributed by atoms with Crippen LogP contribution in [-0.2, 0) is 9.53 Å². The molecule has 0 radical (unpaired) electrons. The van der Waals surface area contributed by atoms with E-state index in [0.717, 1.165) is 25.7 Å². The minimum absolute atomic E-state index is 0.298. The van der Waals surface area contributed by atoms with E-state index in [2.05, 4.69) is 6.92 Å². The van der Waals surface area contributed by atoms with Gasteiger partial charge in [0.15, 0.2) is 5.06 Å². The maximum atomic E-state index is 10.7. The predicted octanol–water partition coefficient (Wildman–Crippen LogP) is 3.47. The molecule has 13 heavy (non-hydrogen) atoms. The van der Waals surface area contributed by atoms with Gasteiger partial charge in [0.25, 0.3) is 0 Å². The van der Waals surface area contributed by atoms with Gasteiger partial charge in [-0.1, -0.05) is 38.3 Å². The van der Waals surface area contributed by atoms with Crippen LogP contribution in [0, 0.1) is 0 Å². The molecule has 0 saturated heterocycles. The number of carbonyl (C=O) groups excluding carboxylic acids is 1. The lowest BCUT2D eigenvalue weighted by molar-refractivity contribution is -0.150. The second-order valence-corrected chi connectivity index (χ2v) is 3.98. The minimum Gasteiger partial charge on any atom is -0.443 e. The summed E-state index contributed by atoms with van der Waals surface area (Å²) < 4.78 is 5.06. The maximum Gasteiger partial charge on any atom is 0.304 e. The van der Waals surface area contributed by atoms with Crippen molar-refractivity contribution in [2.75, 3.05) is 0 Å². The third-order valence-corrected chi connectivity index (χ3v) is 2.54. The summed E-state index contributed by atoms with van der Waals surface area (Å²) in [6, 6.07) is 0. The van der Waals surface area contributed by atoms with Gasteiger partial charge in [-0.2, -0.15) is 0 Å². The molecule has 0 heterocycles. The zero-order valence-corrected chi connectivity index (χ0v) is 9.49. The number of halogens is 1. The summed E-state index contributed by atoms with van der Waals surface area (Å²) in [5, 5.41) is -0.763. The van der Waals surface area contributed by atoms with Crippen molar-refractivity contribution in [1.82, 2.24) is 0 Å². The number of ether oxygens (including phenoxy) is 1. The largest absolute Gasteiger partial charge is 0.443 e. The summed E-state index contributed by atoms with van der Waals surface area (Å²) in [6.45, 7) is 5.46. The molecule has 3 heteroatoms. The molecule has 0 aliphatic carbocycles. The highest BCUT2D eigenvalue weighted by Gasteiger charge is 2.27. The van der Waals surface area contributed by atoms with Crippen molar-refractivity contribution < 1.29 is 9.53 Å². The van der Waals surface area contributed by atoms with Crippen molar-refractivity contribution in [1.29, 1.82) is 0 Å². The SMILES string of the molecule is CCCCCC(Cl)(CC)OC(C)=O. The van der Waals surface area contributed by atoms with E-state index in [4.69, 9.17) is 16.3 Å². The molecule has 0 aliphatic rings. The molecule has 1 atom stereocenters. The molecule has 0 aliphatic heterocycles. The molecule has 0 rings (SSSR count). The molecule has 0 fully saturated rings. The molecular weight excluding hydrogens is 188 g/mol. The van der Waals surface area contributed by atoms with Crippen LogP contribution in [0.25, 0.3) is 0 Å². The zero-order chi connectivity index (χ0) is 10.3. The van der Waals surface area contributed by atoms with Crippen LogP contribution in [0.5, 0.6) is 0 Å².